The van der Waals surface area contributed by atoms with Crippen LogP contribution in [0.5, 0.6) is 5.75 Å². The number of aryl methyl sites for hydroxylation is 1. The summed E-state index contributed by atoms with van der Waals surface area (Å²) in [6.07, 6.45) is 1.04. The molecule has 22 heavy (non-hydrogen) atoms. The Morgan fingerprint density at radius 3 is 2.59 bits per heavy atom. The van der Waals surface area contributed by atoms with Crippen molar-refractivity contribution >= 4 is 17.3 Å². The molecule has 0 aliphatic rings. The molecular formula is C17H24N4O. The summed E-state index contributed by atoms with van der Waals surface area (Å²) in [4.78, 5) is 8.87. The number of hydrogen-bond donors (Lipinski definition) is 2. The lowest BCUT2D eigenvalue weighted by Gasteiger charge is -2.15. The van der Waals surface area contributed by atoms with Gasteiger partial charge in [0, 0.05) is 12.1 Å². The third-order valence-corrected chi connectivity index (χ3v) is 3.29. The van der Waals surface area contributed by atoms with Crippen molar-refractivity contribution in [3.63, 3.8) is 0 Å². The fourth-order valence-electron chi connectivity index (χ4n) is 2.05. The topological polar surface area (TPSA) is 59.1 Å². The number of anilines is 3. The van der Waals surface area contributed by atoms with Gasteiger partial charge in [-0.2, -0.15) is 0 Å². The standard InChI is InChI=1S/C17H24N4O/c1-5-12(3)18-16-11-17(20-13(4)19-16)21-14-9-7-8-10-15(14)22-6-2/h7-12H,5-6H2,1-4H3,(H2,18,19,20,21). The van der Waals surface area contributed by atoms with E-state index in [0.717, 1.165) is 35.3 Å². The first-order valence-corrected chi connectivity index (χ1v) is 7.73. The molecule has 1 heterocycles. The highest BCUT2D eigenvalue weighted by molar-refractivity contribution is 5.65. The minimum absolute atomic E-state index is 0.373. The number of ether oxygens (including phenoxy) is 1. The van der Waals surface area contributed by atoms with Crippen LogP contribution in [0.25, 0.3) is 0 Å². The van der Waals surface area contributed by atoms with E-state index >= 15 is 0 Å². The molecule has 0 radical (unpaired) electrons. The Bertz CT molecular complexity index is 615. The second kappa shape index (κ2) is 7.64. The molecule has 0 spiro atoms. The van der Waals surface area contributed by atoms with E-state index in [4.69, 9.17) is 4.74 Å². The van der Waals surface area contributed by atoms with Crippen molar-refractivity contribution in [2.24, 2.45) is 0 Å². The van der Waals surface area contributed by atoms with Crippen LogP contribution in [0.3, 0.4) is 0 Å². The van der Waals surface area contributed by atoms with Gasteiger partial charge in [0.05, 0.1) is 12.3 Å². The molecule has 2 N–H and O–H groups in total. The number of nitrogens with one attached hydrogen (secondary N) is 2. The van der Waals surface area contributed by atoms with Crippen molar-refractivity contribution in [1.29, 1.82) is 0 Å². The molecule has 0 saturated heterocycles. The molecule has 1 atom stereocenters. The smallest absolute Gasteiger partial charge is 0.142 e. The van der Waals surface area contributed by atoms with Crippen LogP contribution in [-0.4, -0.2) is 22.6 Å². The first kappa shape index (κ1) is 16.1. The van der Waals surface area contributed by atoms with Gasteiger partial charge < -0.3 is 15.4 Å². The Labute approximate surface area is 132 Å². The molecular weight excluding hydrogens is 276 g/mol. The lowest BCUT2D eigenvalue weighted by molar-refractivity contribution is 0.342. The Kier molecular flexibility index (Phi) is 5.58. The quantitative estimate of drug-likeness (QED) is 0.805. The van der Waals surface area contributed by atoms with E-state index < -0.39 is 0 Å². The molecule has 0 bridgehead atoms. The molecule has 5 nitrogen and oxygen atoms in total. The van der Waals surface area contributed by atoms with E-state index in [-0.39, 0.29) is 0 Å². The van der Waals surface area contributed by atoms with Gasteiger partial charge in [-0.15, -0.1) is 0 Å². The summed E-state index contributed by atoms with van der Waals surface area (Å²) in [5, 5.41) is 6.69. The summed E-state index contributed by atoms with van der Waals surface area (Å²) in [5.41, 5.74) is 0.900. The van der Waals surface area contributed by atoms with Crippen LogP contribution in [0.2, 0.25) is 0 Å². The molecule has 1 unspecified atom stereocenters. The average molecular weight is 300 g/mol. The molecule has 0 amide bonds. The van der Waals surface area contributed by atoms with Crippen LogP contribution < -0.4 is 15.4 Å². The van der Waals surface area contributed by atoms with Crippen LogP contribution >= 0.6 is 0 Å². The van der Waals surface area contributed by atoms with E-state index in [1.165, 1.54) is 0 Å². The lowest BCUT2D eigenvalue weighted by atomic mass is 10.2. The van der Waals surface area contributed by atoms with Gasteiger partial charge >= 0.3 is 0 Å². The van der Waals surface area contributed by atoms with E-state index in [0.29, 0.717) is 12.6 Å². The number of benzene rings is 1. The number of hydrogen-bond acceptors (Lipinski definition) is 5. The zero-order valence-corrected chi connectivity index (χ0v) is 13.7. The summed E-state index contributed by atoms with van der Waals surface area (Å²) < 4.78 is 5.63. The van der Waals surface area contributed by atoms with E-state index in [1.54, 1.807) is 0 Å². The summed E-state index contributed by atoms with van der Waals surface area (Å²) >= 11 is 0. The van der Waals surface area contributed by atoms with Gasteiger partial charge in [-0.25, -0.2) is 9.97 Å². The van der Waals surface area contributed by atoms with Crippen molar-refractivity contribution < 1.29 is 4.74 Å². The fraction of sp³-hybridized carbons (Fsp3) is 0.412. The number of rotatable bonds is 7. The summed E-state index contributed by atoms with van der Waals surface area (Å²) in [7, 11) is 0. The lowest BCUT2D eigenvalue weighted by Crippen LogP contribution is -2.15. The van der Waals surface area contributed by atoms with Crippen LogP contribution in [0.1, 0.15) is 33.0 Å². The maximum atomic E-state index is 5.63. The Morgan fingerprint density at radius 2 is 1.86 bits per heavy atom. The Morgan fingerprint density at radius 1 is 1.14 bits per heavy atom. The van der Waals surface area contributed by atoms with Crippen molar-refractivity contribution in [2.45, 2.75) is 40.2 Å². The highest BCUT2D eigenvalue weighted by Crippen LogP contribution is 2.27. The van der Waals surface area contributed by atoms with Gasteiger partial charge in [-0.1, -0.05) is 19.1 Å². The van der Waals surface area contributed by atoms with Crippen LogP contribution in [0.4, 0.5) is 17.3 Å². The molecule has 0 saturated carbocycles. The monoisotopic (exact) mass is 300 g/mol. The van der Waals surface area contributed by atoms with Gasteiger partial charge in [0.1, 0.15) is 23.2 Å². The Balaban J connectivity index is 2.22. The normalized spacial score (nSPS) is 11.8. The van der Waals surface area contributed by atoms with Gasteiger partial charge in [0.25, 0.3) is 0 Å². The van der Waals surface area contributed by atoms with Crippen LogP contribution in [0, 0.1) is 6.92 Å². The van der Waals surface area contributed by atoms with Gasteiger partial charge in [-0.3, -0.25) is 0 Å². The first-order chi connectivity index (χ1) is 10.6. The van der Waals surface area contributed by atoms with Crippen molar-refractivity contribution in [2.75, 3.05) is 17.2 Å². The number of aromatic nitrogens is 2. The van der Waals surface area contributed by atoms with E-state index in [9.17, 15) is 0 Å². The molecule has 2 rings (SSSR count). The summed E-state index contributed by atoms with van der Waals surface area (Å²) in [6.45, 7) is 8.77. The predicted molar refractivity (Wildman–Crippen MR) is 91.0 cm³/mol. The molecule has 5 heteroatoms. The third-order valence-electron chi connectivity index (χ3n) is 3.29. The Hall–Kier alpha value is -2.30. The third kappa shape index (κ3) is 4.35. The maximum Gasteiger partial charge on any atom is 0.142 e. The highest BCUT2D eigenvalue weighted by Gasteiger charge is 2.07. The zero-order valence-electron chi connectivity index (χ0n) is 13.7. The predicted octanol–water partition coefficient (Wildman–Crippen LogP) is 4.14. The molecule has 1 aromatic heterocycles. The van der Waals surface area contributed by atoms with Gasteiger partial charge in [0.2, 0.25) is 0 Å². The van der Waals surface area contributed by atoms with E-state index in [2.05, 4.69) is 34.4 Å². The highest BCUT2D eigenvalue weighted by atomic mass is 16.5. The average Bonchev–Trinajstić information content (AvgIpc) is 2.49. The second-order valence-electron chi connectivity index (χ2n) is 5.19. The largest absolute Gasteiger partial charge is 0.492 e. The van der Waals surface area contributed by atoms with Crippen molar-refractivity contribution in [1.82, 2.24) is 9.97 Å². The van der Waals surface area contributed by atoms with Crippen LogP contribution in [-0.2, 0) is 0 Å². The van der Waals surface area contributed by atoms with Crippen molar-refractivity contribution in [3.8, 4) is 5.75 Å². The zero-order chi connectivity index (χ0) is 15.9. The van der Waals surface area contributed by atoms with Gasteiger partial charge in [-0.05, 0) is 39.3 Å². The molecule has 2 aromatic rings. The minimum Gasteiger partial charge on any atom is -0.492 e. The second-order valence-corrected chi connectivity index (χ2v) is 5.19. The minimum atomic E-state index is 0.373. The van der Waals surface area contributed by atoms with Gasteiger partial charge in [0.15, 0.2) is 0 Å². The van der Waals surface area contributed by atoms with Crippen LogP contribution in [0.15, 0.2) is 30.3 Å². The summed E-state index contributed by atoms with van der Waals surface area (Å²) in [5.74, 6) is 3.13. The molecule has 0 aliphatic heterocycles. The van der Waals surface area contributed by atoms with E-state index in [1.807, 2.05) is 44.2 Å². The summed E-state index contributed by atoms with van der Waals surface area (Å²) in [6, 6.07) is 10.1. The SMILES string of the molecule is CCOc1ccccc1Nc1cc(NC(C)CC)nc(C)n1. The molecule has 1 aromatic carbocycles. The molecule has 0 fully saturated rings. The number of para-hydroxylation sites is 2. The molecule has 0 aliphatic carbocycles. The number of nitrogens with zero attached hydrogens (tertiary/aromatic N) is 2. The first-order valence-electron chi connectivity index (χ1n) is 7.73. The van der Waals surface area contributed by atoms with Crippen molar-refractivity contribution in [3.05, 3.63) is 36.2 Å². The fourth-order valence-corrected chi connectivity index (χ4v) is 2.05. The maximum absolute atomic E-state index is 5.63. The molecule has 118 valence electrons.